The molecule has 1 aliphatic heterocycles. The van der Waals surface area contributed by atoms with Crippen LogP contribution >= 0.6 is 23.4 Å². The number of carbonyl (C=O) groups excluding carboxylic acids is 1. The predicted molar refractivity (Wildman–Crippen MR) is 154 cm³/mol. The second kappa shape index (κ2) is 12.0. The van der Waals surface area contributed by atoms with E-state index in [9.17, 15) is 4.79 Å². The third-order valence-corrected chi connectivity index (χ3v) is 7.60. The van der Waals surface area contributed by atoms with Crippen molar-refractivity contribution in [2.24, 2.45) is 0 Å². The zero-order valence-corrected chi connectivity index (χ0v) is 23.6. The highest BCUT2D eigenvalue weighted by atomic mass is 35.5. The summed E-state index contributed by atoms with van der Waals surface area (Å²) in [5.74, 6) is 1.47. The number of anilines is 1. The summed E-state index contributed by atoms with van der Waals surface area (Å²) in [6, 6.07) is 23.2. The van der Waals surface area contributed by atoms with Gasteiger partial charge in [0.1, 0.15) is 18.4 Å². The minimum atomic E-state index is -0.537. The van der Waals surface area contributed by atoms with Crippen LogP contribution in [0, 0.1) is 6.92 Å². The molecule has 1 N–H and O–H groups in total. The van der Waals surface area contributed by atoms with Crippen molar-refractivity contribution in [3.8, 4) is 5.75 Å². The van der Waals surface area contributed by atoms with Gasteiger partial charge in [-0.25, -0.2) is 9.48 Å². The molecule has 200 valence electrons. The summed E-state index contributed by atoms with van der Waals surface area (Å²) in [5.41, 5.74) is 5.28. The Bertz CT molecular complexity index is 1520. The molecule has 1 atom stereocenters. The van der Waals surface area contributed by atoms with Crippen molar-refractivity contribution in [3.63, 3.8) is 0 Å². The van der Waals surface area contributed by atoms with E-state index in [-0.39, 0.29) is 6.61 Å². The maximum Gasteiger partial charge on any atom is 0.338 e. The smallest absolute Gasteiger partial charge is 0.338 e. The average Bonchev–Trinajstić information content (AvgIpc) is 3.34. The molecule has 4 aromatic rings. The molecule has 0 saturated heterocycles. The number of ether oxygens (including phenoxy) is 2. The van der Waals surface area contributed by atoms with Crippen LogP contribution in [0.1, 0.15) is 42.1 Å². The molecule has 0 bridgehead atoms. The normalized spacial score (nSPS) is 14.5. The van der Waals surface area contributed by atoms with Gasteiger partial charge >= 0.3 is 5.97 Å². The van der Waals surface area contributed by atoms with E-state index in [0.29, 0.717) is 45.5 Å². The maximum atomic E-state index is 13.1. The summed E-state index contributed by atoms with van der Waals surface area (Å²) < 4.78 is 13.3. The van der Waals surface area contributed by atoms with Crippen LogP contribution in [0.25, 0.3) is 0 Å². The number of nitrogens with zero attached hydrogens (tertiary/aromatic N) is 3. The fraction of sp³-hybridized carbons (Fsp3) is 0.233. The fourth-order valence-electron chi connectivity index (χ4n) is 4.36. The number of hydrogen-bond acceptors (Lipinski definition) is 7. The number of nitrogens with one attached hydrogen (secondary N) is 1. The number of esters is 1. The Labute approximate surface area is 237 Å². The van der Waals surface area contributed by atoms with Gasteiger partial charge in [0, 0.05) is 16.5 Å². The van der Waals surface area contributed by atoms with Crippen molar-refractivity contribution in [1.82, 2.24) is 14.8 Å². The van der Waals surface area contributed by atoms with Crippen LogP contribution in [-0.2, 0) is 21.9 Å². The highest BCUT2D eigenvalue weighted by Crippen LogP contribution is 2.38. The van der Waals surface area contributed by atoms with Crippen molar-refractivity contribution in [2.75, 3.05) is 11.9 Å². The molecule has 0 fully saturated rings. The fourth-order valence-corrected chi connectivity index (χ4v) is 5.47. The minimum Gasteiger partial charge on any atom is -0.489 e. The molecule has 1 unspecified atom stereocenters. The van der Waals surface area contributed by atoms with Crippen molar-refractivity contribution >= 4 is 35.3 Å². The summed E-state index contributed by atoms with van der Waals surface area (Å²) in [4.78, 5) is 17.9. The predicted octanol–water partition coefficient (Wildman–Crippen LogP) is 6.96. The van der Waals surface area contributed by atoms with Gasteiger partial charge < -0.3 is 14.8 Å². The lowest BCUT2D eigenvalue weighted by Crippen LogP contribution is -2.29. The van der Waals surface area contributed by atoms with Crippen LogP contribution < -0.4 is 10.1 Å². The summed E-state index contributed by atoms with van der Waals surface area (Å²) in [6.45, 7) is 6.41. The summed E-state index contributed by atoms with van der Waals surface area (Å²) in [6.07, 6.45) is 0. The lowest BCUT2D eigenvalue weighted by atomic mass is 9.95. The second-order valence-corrected chi connectivity index (χ2v) is 10.5. The first-order valence-electron chi connectivity index (χ1n) is 12.7. The molecular formula is C30H29ClN4O3S. The number of allylic oxidation sites excluding steroid dienone is 1. The first-order valence-corrected chi connectivity index (χ1v) is 14.0. The van der Waals surface area contributed by atoms with Crippen LogP contribution in [0.4, 0.5) is 5.95 Å². The van der Waals surface area contributed by atoms with Gasteiger partial charge in [-0.1, -0.05) is 83.5 Å². The summed E-state index contributed by atoms with van der Waals surface area (Å²) >= 11 is 7.82. The van der Waals surface area contributed by atoms with Gasteiger partial charge in [0.2, 0.25) is 11.1 Å². The molecule has 7 nitrogen and oxygen atoms in total. The van der Waals surface area contributed by atoms with Crippen molar-refractivity contribution in [1.29, 1.82) is 0 Å². The lowest BCUT2D eigenvalue weighted by Gasteiger charge is -2.28. The molecule has 2 heterocycles. The zero-order valence-electron chi connectivity index (χ0n) is 22.0. The number of halogens is 1. The molecule has 1 aromatic heterocycles. The molecule has 3 aromatic carbocycles. The van der Waals surface area contributed by atoms with Crippen molar-refractivity contribution in [3.05, 3.63) is 111 Å². The van der Waals surface area contributed by atoms with E-state index >= 15 is 0 Å². The maximum absolute atomic E-state index is 13.1. The molecule has 0 saturated carbocycles. The first kappa shape index (κ1) is 26.8. The van der Waals surface area contributed by atoms with Gasteiger partial charge in [0.15, 0.2) is 0 Å². The van der Waals surface area contributed by atoms with E-state index in [4.69, 9.17) is 31.2 Å². The monoisotopic (exact) mass is 560 g/mol. The minimum absolute atomic E-state index is 0.269. The Morgan fingerprint density at radius 3 is 2.64 bits per heavy atom. The molecule has 0 spiro atoms. The molecule has 9 heteroatoms. The molecule has 0 radical (unpaired) electrons. The SMILES string of the molecule is CCOC(=O)C1=C(C)Nc2nc(SCc3ccccc3Cl)nn2C1c1cccc(OCc2ccc(C)cc2)c1. The van der Waals surface area contributed by atoms with Gasteiger partial charge in [-0.2, -0.15) is 4.98 Å². The molecule has 5 rings (SSSR count). The van der Waals surface area contributed by atoms with Crippen LogP contribution in [0.3, 0.4) is 0 Å². The van der Waals surface area contributed by atoms with E-state index in [2.05, 4.69) is 36.5 Å². The average molecular weight is 561 g/mol. The van der Waals surface area contributed by atoms with E-state index in [1.807, 2.05) is 55.5 Å². The molecular weight excluding hydrogens is 532 g/mol. The molecule has 1 aliphatic rings. The van der Waals surface area contributed by atoms with Gasteiger partial charge in [-0.05, 0) is 55.7 Å². The lowest BCUT2D eigenvalue weighted by molar-refractivity contribution is -0.139. The Kier molecular flexibility index (Phi) is 8.24. The second-order valence-electron chi connectivity index (χ2n) is 9.18. The zero-order chi connectivity index (χ0) is 27.4. The van der Waals surface area contributed by atoms with E-state index < -0.39 is 12.0 Å². The van der Waals surface area contributed by atoms with E-state index in [0.717, 1.165) is 16.7 Å². The third-order valence-electron chi connectivity index (χ3n) is 6.34. The summed E-state index contributed by atoms with van der Waals surface area (Å²) in [7, 11) is 0. The van der Waals surface area contributed by atoms with Gasteiger partial charge in [-0.3, -0.25) is 0 Å². The number of hydrogen-bond donors (Lipinski definition) is 1. The summed E-state index contributed by atoms with van der Waals surface area (Å²) in [5, 5.41) is 9.31. The topological polar surface area (TPSA) is 78.3 Å². The molecule has 0 amide bonds. The van der Waals surface area contributed by atoms with Crippen LogP contribution in [0.2, 0.25) is 5.02 Å². The van der Waals surface area contributed by atoms with Crippen LogP contribution in [0.15, 0.2) is 89.2 Å². The van der Waals surface area contributed by atoms with Crippen LogP contribution in [0.5, 0.6) is 5.75 Å². The Balaban J connectivity index is 1.45. The highest BCUT2D eigenvalue weighted by Gasteiger charge is 2.35. The number of aromatic nitrogens is 3. The van der Waals surface area contributed by atoms with Gasteiger partial charge in [0.05, 0.1) is 12.2 Å². The number of fused-ring (bicyclic) bond motifs is 1. The number of thioether (sulfide) groups is 1. The van der Waals surface area contributed by atoms with Gasteiger partial charge in [-0.15, -0.1) is 5.10 Å². The van der Waals surface area contributed by atoms with E-state index in [1.54, 1.807) is 11.6 Å². The van der Waals surface area contributed by atoms with Crippen molar-refractivity contribution in [2.45, 2.75) is 44.3 Å². The van der Waals surface area contributed by atoms with Gasteiger partial charge in [0.25, 0.3) is 0 Å². The highest BCUT2D eigenvalue weighted by molar-refractivity contribution is 7.98. The number of benzene rings is 3. The number of rotatable bonds is 9. The van der Waals surface area contributed by atoms with Crippen molar-refractivity contribution < 1.29 is 14.3 Å². The Morgan fingerprint density at radius 1 is 1.08 bits per heavy atom. The number of carbonyl (C=O) groups is 1. The molecule has 0 aliphatic carbocycles. The van der Waals surface area contributed by atoms with E-state index in [1.165, 1.54) is 17.3 Å². The molecule has 39 heavy (non-hydrogen) atoms. The Hall–Kier alpha value is -3.75. The standard InChI is InChI=1S/C30H29ClN4O3S/c1-4-37-28(36)26-20(3)32-29-33-30(39-18-23-8-5-6-11-25(23)31)34-35(29)27(26)22-9-7-10-24(16-22)38-17-21-14-12-19(2)13-15-21/h5-16,27H,4,17-18H2,1-3H3,(H,32,33,34). The first-order chi connectivity index (χ1) is 18.9. The third kappa shape index (κ3) is 6.13. The number of aryl methyl sites for hydroxylation is 1. The quantitative estimate of drug-likeness (QED) is 0.175. The Morgan fingerprint density at radius 2 is 1.87 bits per heavy atom. The largest absolute Gasteiger partial charge is 0.489 e. The van der Waals surface area contributed by atoms with Crippen LogP contribution in [-0.4, -0.2) is 27.3 Å².